The summed E-state index contributed by atoms with van der Waals surface area (Å²) in [5.41, 5.74) is 1.95. The van der Waals surface area contributed by atoms with Crippen LogP contribution in [0.4, 0.5) is 5.00 Å². The maximum absolute atomic E-state index is 12.3. The van der Waals surface area contributed by atoms with Crippen molar-refractivity contribution in [2.75, 3.05) is 32.2 Å². The number of hydrogen-bond acceptors (Lipinski definition) is 6. The molecular formula is C17H17NO5S. The van der Waals surface area contributed by atoms with Gasteiger partial charge < -0.3 is 19.5 Å². The highest BCUT2D eigenvalue weighted by Crippen LogP contribution is 2.36. The van der Waals surface area contributed by atoms with Crippen molar-refractivity contribution in [1.29, 1.82) is 0 Å². The first-order chi connectivity index (χ1) is 11.7. The van der Waals surface area contributed by atoms with E-state index in [2.05, 4.69) is 5.32 Å². The Kier molecular flexibility index (Phi) is 5.24. The molecule has 1 aromatic carbocycles. The summed E-state index contributed by atoms with van der Waals surface area (Å²) in [5, 5.41) is 5.03. The summed E-state index contributed by atoms with van der Waals surface area (Å²) in [4.78, 5) is 24.5. The van der Waals surface area contributed by atoms with Crippen LogP contribution in [0, 0.1) is 0 Å². The van der Waals surface area contributed by atoms with E-state index >= 15 is 0 Å². The van der Waals surface area contributed by atoms with Gasteiger partial charge in [-0.15, -0.1) is 11.3 Å². The van der Waals surface area contributed by atoms with Gasteiger partial charge in [0, 0.05) is 10.9 Å². The van der Waals surface area contributed by atoms with E-state index in [1.54, 1.807) is 0 Å². The Morgan fingerprint density at radius 2 is 2.04 bits per heavy atom. The molecule has 1 amide bonds. The standard InChI is InChI=1S/C17H17NO5S/c1-21-17(20)14-12(11-5-3-2-4-6-11)10-24-16(14)18-15(19)13-9-22-7-8-23-13/h2-6,10,13H,7-9H2,1H3,(H,18,19). The minimum atomic E-state index is -0.675. The zero-order chi connectivity index (χ0) is 16.9. The summed E-state index contributed by atoms with van der Waals surface area (Å²) >= 11 is 1.28. The molecule has 1 aromatic heterocycles. The lowest BCUT2D eigenvalue weighted by atomic mass is 10.0. The third-order valence-electron chi connectivity index (χ3n) is 3.61. The Balaban J connectivity index is 1.89. The smallest absolute Gasteiger partial charge is 0.341 e. The van der Waals surface area contributed by atoms with Gasteiger partial charge in [0.1, 0.15) is 10.6 Å². The van der Waals surface area contributed by atoms with Crippen LogP contribution in [0.25, 0.3) is 11.1 Å². The Hall–Kier alpha value is -2.22. The monoisotopic (exact) mass is 347 g/mol. The van der Waals surface area contributed by atoms with Crippen molar-refractivity contribution in [3.05, 3.63) is 41.3 Å². The second-order valence-corrected chi connectivity index (χ2v) is 6.01. The van der Waals surface area contributed by atoms with Crippen molar-refractivity contribution < 1.29 is 23.8 Å². The number of carbonyl (C=O) groups is 2. The van der Waals surface area contributed by atoms with Gasteiger partial charge >= 0.3 is 5.97 Å². The number of thiophene rings is 1. The van der Waals surface area contributed by atoms with E-state index in [-0.39, 0.29) is 12.5 Å². The van der Waals surface area contributed by atoms with Crippen LogP contribution in [0.15, 0.2) is 35.7 Å². The van der Waals surface area contributed by atoms with Crippen LogP contribution in [-0.2, 0) is 19.0 Å². The molecule has 7 heteroatoms. The van der Waals surface area contributed by atoms with Crippen molar-refractivity contribution in [2.45, 2.75) is 6.10 Å². The third-order valence-corrected chi connectivity index (χ3v) is 4.51. The maximum Gasteiger partial charge on any atom is 0.341 e. The lowest BCUT2D eigenvalue weighted by molar-refractivity contribution is -0.142. The van der Waals surface area contributed by atoms with Crippen molar-refractivity contribution in [3.63, 3.8) is 0 Å². The van der Waals surface area contributed by atoms with Gasteiger partial charge in [-0.2, -0.15) is 0 Å². The highest BCUT2D eigenvalue weighted by atomic mass is 32.1. The number of esters is 1. The normalized spacial score (nSPS) is 17.3. The minimum absolute atomic E-state index is 0.205. The summed E-state index contributed by atoms with van der Waals surface area (Å²) in [6.07, 6.45) is -0.675. The van der Waals surface area contributed by atoms with Crippen molar-refractivity contribution in [3.8, 4) is 11.1 Å². The summed E-state index contributed by atoms with van der Waals surface area (Å²) < 4.78 is 15.5. The highest BCUT2D eigenvalue weighted by molar-refractivity contribution is 7.15. The molecule has 0 aliphatic carbocycles. The van der Waals surface area contributed by atoms with Gasteiger partial charge in [-0.1, -0.05) is 30.3 Å². The summed E-state index contributed by atoms with van der Waals surface area (Å²) in [6, 6.07) is 9.48. The molecule has 3 rings (SSSR count). The number of ether oxygens (including phenoxy) is 3. The van der Waals surface area contributed by atoms with E-state index in [1.165, 1.54) is 18.4 Å². The Morgan fingerprint density at radius 1 is 1.25 bits per heavy atom. The topological polar surface area (TPSA) is 73.9 Å². The molecule has 0 spiro atoms. The molecule has 2 aromatic rings. The first-order valence-electron chi connectivity index (χ1n) is 7.46. The summed E-state index contributed by atoms with van der Waals surface area (Å²) in [7, 11) is 1.32. The molecule has 0 radical (unpaired) electrons. The third kappa shape index (κ3) is 3.48. The molecule has 1 saturated heterocycles. The highest BCUT2D eigenvalue weighted by Gasteiger charge is 2.27. The number of rotatable bonds is 4. The van der Waals surface area contributed by atoms with Crippen LogP contribution < -0.4 is 5.32 Å². The summed E-state index contributed by atoms with van der Waals surface area (Å²) in [6.45, 7) is 1.06. The van der Waals surface area contributed by atoms with Crippen LogP contribution in [0.2, 0.25) is 0 Å². The molecule has 24 heavy (non-hydrogen) atoms. The quantitative estimate of drug-likeness (QED) is 0.861. The van der Waals surface area contributed by atoms with Crippen LogP contribution in [-0.4, -0.2) is 44.9 Å². The van der Waals surface area contributed by atoms with E-state index in [0.717, 1.165) is 11.1 Å². The fraction of sp³-hybridized carbons (Fsp3) is 0.294. The molecule has 1 aliphatic heterocycles. The number of benzene rings is 1. The van der Waals surface area contributed by atoms with E-state index < -0.39 is 12.1 Å². The molecule has 1 aliphatic rings. The average Bonchev–Trinajstić information content (AvgIpc) is 3.06. The second-order valence-electron chi connectivity index (χ2n) is 5.13. The molecule has 1 N–H and O–H groups in total. The summed E-state index contributed by atoms with van der Waals surface area (Å²) in [5.74, 6) is -0.826. The lowest BCUT2D eigenvalue weighted by Gasteiger charge is -2.21. The molecule has 0 saturated carbocycles. The Bertz CT molecular complexity index is 722. The molecule has 1 atom stereocenters. The Morgan fingerprint density at radius 3 is 2.71 bits per heavy atom. The average molecular weight is 347 g/mol. The lowest BCUT2D eigenvalue weighted by Crippen LogP contribution is -2.39. The number of anilines is 1. The first kappa shape index (κ1) is 16.6. The number of nitrogens with one attached hydrogen (secondary N) is 1. The van der Waals surface area contributed by atoms with E-state index in [0.29, 0.717) is 23.8 Å². The maximum atomic E-state index is 12.3. The van der Waals surface area contributed by atoms with Gasteiger partial charge in [0.25, 0.3) is 5.91 Å². The number of methoxy groups -OCH3 is 1. The largest absolute Gasteiger partial charge is 0.465 e. The zero-order valence-corrected chi connectivity index (χ0v) is 13.9. The number of amides is 1. The molecule has 1 fully saturated rings. The number of hydrogen-bond donors (Lipinski definition) is 1. The predicted molar refractivity (Wildman–Crippen MR) is 90.3 cm³/mol. The van der Waals surface area contributed by atoms with E-state index in [1.807, 2.05) is 35.7 Å². The molecule has 6 nitrogen and oxygen atoms in total. The van der Waals surface area contributed by atoms with Crippen LogP contribution in [0.5, 0.6) is 0 Å². The minimum Gasteiger partial charge on any atom is -0.465 e. The SMILES string of the molecule is COC(=O)c1c(-c2ccccc2)csc1NC(=O)C1COCCO1. The fourth-order valence-electron chi connectivity index (χ4n) is 2.42. The van der Waals surface area contributed by atoms with E-state index in [9.17, 15) is 9.59 Å². The molecular weight excluding hydrogens is 330 g/mol. The van der Waals surface area contributed by atoms with Gasteiger partial charge in [-0.3, -0.25) is 4.79 Å². The molecule has 0 bridgehead atoms. The Labute approximate surface area is 143 Å². The van der Waals surface area contributed by atoms with Gasteiger partial charge in [-0.25, -0.2) is 4.79 Å². The predicted octanol–water partition coefficient (Wildman–Crippen LogP) is 2.56. The van der Waals surface area contributed by atoms with Crippen LogP contribution in [0.1, 0.15) is 10.4 Å². The van der Waals surface area contributed by atoms with Crippen molar-refractivity contribution in [1.82, 2.24) is 0 Å². The van der Waals surface area contributed by atoms with Gasteiger partial charge in [-0.05, 0) is 5.56 Å². The van der Waals surface area contributed by atoms with Crippen molar-refractivity contribution >= 4 is 28.2 Å². The van der Waals surface area contributed by atoms with Crippen LogP contribution in [0.3, 0.4) is 0 Å². The van der Waals surface area contributed by atoms with Gasteiger partial charge in [0.15, 0.2) is 6.10 Å². The van der Waals surface area contributed by atoms with E-state index in [4.69, 9.17) is 14.2 Å². The number of carbonyl (C=O) groups excluding carboxylic acids is 2. The van der Waals surface area contributed by atoms with Crippen LogP contribution >= 0.6 is 11.3 Å². The van der Waals surface area contributed by atoms with Gasteiger partial charge in [0.05, 0.1) is 26.9 Å². The second kappa shape index (κ2) is 7.57. The fourth-order valence-corrected chi connectivity index (χ4v) is 3.38. The van der Waals surface area contributed by atoms with Gasteiger partial charge in [0.2, 0.25) is 0 Å². The zero-order valence-electron chi connectivity index (χ0n) is 13.1. The first-order valence-corrected chi connectivity index (χ1v) is 8.34. The van der Waals surface area contributed by atoms with Crippen molar-refractivity contribution in [2.24, 2.45) is 0 Å². The molecule has 1 unspecified atom stereocenters. The molecule has 2 heterocycles. The molecule has 126 valence electrons.